The van der Waals surface area contributed by atoms with Gasteiger partial charge in [-0.1, -0.05) is 32.4 Å². The molecule has 0 aromatic heterocycles. The highest BCUT2D eigenvalue weighted by Crippen LogP contribution is 2.40. The first kappa shape index (κ1) is 30.4. The van der Waals surface area contributed by atoms with Crippen LogP contribution in [-0.4, -0.2) is 48.7 Å². The van der Waals surface area contributed by atoms with Crippen LogP contribution < -0.4 is 20.1 Å². The minimum Gasteiger partial charge on any atom is -0.496 e. The molecular formula is C32H43N3O6. The molecule has 3 aliphatic rings. The number of allylic oxidation sites excluding steroid dienone is 1. The summed E-state index contributed by atoms with van der Waals surface area (Å²) in [4.78, 5) is 38.7. The van der Waals surface area contributed by atoms with Gasteiger partial charge < -0.3 is 25.2 Å². The Bertz CT molecular complexity index is 1220. The number of nitriles is 1. The van der Waals surface area contributed by atoms with Crippen molar-refractivity contribution in [2.75, 3.05) is 13.7 Å². The molecule has 3 atom stereocenters. The standard InChI is InChI=1S/C32H43N3O6/c1-5-20-8-6-9-24(27(20)29(37)34-19-31(2)12-7-13-31)35-28(36)23-17-25(21(18-33)16-26(23)40-4)41-22-10-14-32(3,15-11-22)30(38)39/h6,8,16-17,20,22,24,27H,5,7,9-15,19H2,1-4H3,(H,34,37)(H,35,36)(H,38,39)/t20-,22-,24-,27+,32+/m1/s1. The predicted octanol–water partition coefficient (Wildman–Crippen LogP) is 4.99. The van der Waals surface area contributed by atoms with Crippen molar-refractivity contribution >= 4 is 17.8 Å². The summed E-state index contributed by atoms with van der Waals surface area (Å²) in [5.74, 6) is -1.15. The average molecular weight is 566 g/mol. The Kier molecular flexibility index (Phi) is 9.31. The van der Waals surface area contributed by atoms with Crippen LogP contribution in [0.2, 0.25) is 0 Å². The molecule has 4 rings (SSSR count). The molecule has 1 aromatic rings. The third-order valence-corrected chi connectivity index (χ3v) is 9.52. The fourth-order valence-electron chi connectivity index (χ4n) is 6.33. The lowest BCUT2D eigenvalue weighted by Crippen LogP contribution is -2.52. The Morgan fingerprint density at radius 2 is 1.83 bits per heavy atom. The van der Waals surface area contributed by atoms with Gasteiger partial charge >= 0.3 is 5.97 Å². The molecule has 0 radical (unpaired) electrons. The summed E-state index contributed by atoms with van der Waals surface area (Å²) in [6, 6.07) is 4.74. The Balaban J connectivity index is 1.52. The molecule has 3 N–H and O–H groups in total. The van der Waals surface area contributed by atoms with Crippen LogP contribution in [0.3, 0.4) is 0 Å². The van der Waals surface area contributed by atoms with Gasteiger partial charge in [-0.15, -0.1) is 0 Å². The molecule has 0 unspecified atom stereocenters. The molecule has 1 aromatic carbocycles. The second kappa shape index (κ2) is 12.5. The fraction of sp³-hybridized carbons (Fsp3) is 0.625. The molecule has 2 amide bonds. The Morgan fingerprint density at radius 1 is 1.12 bits per heavy atom. The second-order valence-corrected chi connectivity index (χ2v) is 12.6. The number of methoxy groups -OCH3 is 1. The molecule has 9 heteroatoms. The maximum Gasteiger partial charge on any atom is 0.309 e. The van der Waals surface area contributed by atoms with E-state index in [1.165, 1.54) is 25.7 Å². The number of nitrogens with one attached hydrogen (secondary N) is 2. The summed E-state index contributed by atoms with van der Waals surface area (Å²) in [5.41, 5.74) is -0.182. The van der Waals surface area contributed by atoms with E-state index in [1.807, 2.05) is 13.0 Å². The van der Waals surface area contributed by atoms with Gasteiger partial charge in [0.25, 0.3) is 5.91 Å². The monoisotopic (exact) mass is 565 g/mol. The number of carboxylic acid groups (broad SMARTS) is 1. The molecule has 9 nitrogen and oxygen atoms in total. The molecule has 0 saturated heterocycles. The van der Waals surface area contributed by atoms with Crippen molar-refractivity contribution < 1.29 is 29.0 Å². The van der Waals surface area contributed by atoms with Gasteiger partial charge in [-0.2, -0.15) is 5.26 Å². The highest BCUT2D eigenvalue weighted by Gasteiger charge is 2.40. The number of hydrogen-bond acceptors (Lipinski definition) is 6. The lowest BCUT2D eigenvalue weighted by atomic mass is 9.70. The first-order valence-corrected chi connectivity index (χ1v) is 14.8. The molecular weight excluding hydrogens is 522 g/mol. The molecule has 2 fully saturated rings. The first-order chi connectivity index (χ1) is 19.5. The summed E-state index contributed by atoms with van der Waals surface area (Å²) in [7, 11) is 1.44. The van der Waals surface area contributed by atoms with E-state index in [-0.39, 0.29) is 46.0 Å². The number of carbonyl (C=O) groups is 3. The van der Waals surface area contributed by atoms with Crippen molar-refractivity contribution in [3.63, 3.8) is 0 Å². The van der Waals surface area contributed by atoms with E-state index < -0.39 is 29.3 Å². The Hall–Kier alpha value is -3.54. The van der Waals surface area contributed by atoms with Gasteiger partial charge in [0.15, 0.2) is 0 Å². The molecule has 0 bridgehead atoms. The van der Waals surface area contributed by atoms with E-state index >= 15 is 0 Å². The fourth-order valence-corrected chi connectivity index (χ4v) is 6.33. The van der Waals surface area contributed by atoms with E-state index in [4.69, 9.17) is 9.47 Å². The predicted molar refractivity (Wildman–Crippen MR) is 154 cm³/mol. The molecule has 41 heavy (non-hydrogen) atoms. The van der Waals surface area contributed by atoms with Crippen molar-refractivity contribution in [1.29, 1.82) is 5.26 Å². The lowest BCUT2D eigenvalue weighted by molar-refractivity contribution is -0.150. The zero-order chi connectivity index (χ0) is 29.8. The van der Waals surface area contributed by atoms with Crippen LogP contribution >= 0.6 is 0 Å². The van der Waals surface area contributed by atoms with Gasteiger partial charge in [0.1, 0.15) is 17.6 Å². The number of amides is 2. The van der Waals surface area contributed by atoms with Crippen molar-refractivity contribution in [2.24, 2.45) is 22.7 Å². The molecule has 0 spiro atoms. The van der Waals surface area contributed by atoms with E-state index in [1.54, 1.807) is 6.92 Å². The number of aliphatic carboxylic acids is 1. The Morgan fingerprint density at radius 3 is 2.39 bits per heavy atom. The highest BCUT2D eigenvalue weighted by molar-refractivity contribution is 5.98. The number of nitrogens with zero attached hydrogens (tertiary/aromatic N) is 1. The molecule has 222 valence electrons. The quantitative estimate of drug-likeness (QED) is 0.340. The highest BCUT2D eigenvalue weighted by atomic mass is 16.5. The van der Waals surface area contributed by atoms with Gasteiger partial charge in [0, 0.05) is 18.7 Å². The minimum atomic E-state index is -0.816. The largest absolute Gasteiger partial charge is 0.496 e. The van der Waals surface area contributed by atoms with Gasteiger partial charge in [-0.05, 0) is 75.7 Å². The van der Waals surface area contributed by atoms with Crippen LogP contribution in [-0.2, 0) is 9.59 Å². The number of carboxylic acids is 1. The van der Waals surface area contributed by atoms with E-state index in [0.717, 1.165) is 19.3 Å². The molecule has 3 aliphatic carbocycles. The zero-order valence-electron chi connectivity index (χ0n) is 24.6. The van der Waals surface area contributed by atoms with Crippen LogP contribution in [0.25, 0.3) is 0 Å². The minimum absolute atomic E-state index is 0.00721. The lowest BCUT2D eigenvalue weighted by Gasteiger charge is -2.40. The summed E-state index contributed by atoms with van der Waals surface area (Å²) in [5, 5.41) is 25.6. The summed E-state index contributed by atoms with van der Waals surface area (Å²) < 4.78 is 11.7. The normalized spacial score (nSPS) is 28.5. The number of carbonyl (C=O) groups excluding carboxylic acids is 2. The van der Waals surface area contributed by atoms with Crippen LogP contribution in [0.5, 0.6) is 11.5 Å². The van der Waals surface area contributed by atoms with Crippen molar-refractivity contribution in [3.8, 4) is 17.6 Å². The maximum atomic E-state index is 13.7. The molecule has 0 heterocycles. The summed E-state index contributed by atoms with van der Waals surface area (Å²) in [6.07, 6.45) is 10.5. The van der Waals surface area contributed by atoms with Gasteiger partial charge in [-0.25, -0.2) is 0 Å². The van der Waals surface area contributed by atoms with Gasteiger partial charge in [-0.3, -0.25) is 14.4 Å². The summed E-state index contributed by atoms with van der Waals surface area (Å²) >= 11 is 0. The summed E-state index contributed by atoms with van der Waals surface area (Å²) in [6.45, 7) is 6.63. The Labute approximate surface area is 242 Å². The number of hydrogen-bond donors (Lipinski definition) is 3. The molecule has 2 saturated carbocycles. The third kappa shape index (κ3) is 6.69. The van der Waals surface area contributed by atoms with E-state index in [2.05, 4.69) is 29.7 Å². The topological polar surface area (TPSA) is 138 Å². The van der Waals surface area contributed by atoms with Gasteiger partial charge in [0.05, 0.1) is 35.7 Å². The second-order valence-electron chi connectivity index (χ2n) is 12.6. The number of ether oxygens (including phenoxy) is 2. The average Bonchev–Trinajstić information content (AvgIpc) is 2.95. The zero-order valence-corrected chi connectivity index (χ0v) is 24.6. The van der Waals surface area contributed by atoms with Crippen molar-refractivity contribution in [3.05, 3.63) is 35.4 Å². The van der Waals surface area contributed by atoms with E-state index in [9.17, 15) is 24.8 Å². The van der Waals surface area contributed by atoms with Crippen LogP contribution in [0.15, 0.2) is 24.3 Å². The maximum absolute atomic E-state index is 13.7. The SMILES string of the molecule is CC[C@@H]1C=CC[C@@H](NC(=O)c2cc(O[C@H]3CC[C@@](C)(C(=O)O)CC3)c(C#N)cc2OC)[C@H]1C(=O)NCC1(C)CCC1. The van der Waals surface area contributed by atoms with Gasteiger partial charge in [0.2, 0.25) is 5.91 Å². The number of rotatable bonds is 10. The van der Waals surface area contributed by atoms with Crippen LogP contribution in [0.1, 0.15) is 94.5 Å². The first-order valence-electron chi connectivity index (χ1n) is 14.8. The van der Waals surface area contributed by atoms with Crippen molar-refractivity contribution in [1.82, 2.24) is 10.6 Å². The van der Waals surface area contributed by atoms with Crippen LogP contribution in [0.4, 0.5) is 0 Å². The van der Waals surface area contributed by atoms with Crippen molar-refractivity contribution in [2.45, 2.75) is 90.7 Å². The van der Waals surface area contributed by atoms with E-state index in [0.29, 0.717) is 38.6 Å². The molecule has 0 aliphatic heterocycles. The smallest absolute Gasteiger partial charge is 0.309 e. The third-order valence-electron chi connectivity index (χ3n) is 9.52. The number of benzene rings is 1. The van der Waals surface area contributed by atoms with Crippen LogP contribution in [0, 0.1) is 34.0 Å².